The lowest BCUT2D eigenvalue weighted by atomic mass is 10.0. The van der Waals surface area contributed by atoms with Gasteiger partial charge in [0, 0.05) is 16.6 Å². The van der Waals surface area contributed by atoms with Crippen LogP contribution in [0.1, 0.15) is 10.4 Å². The lowest BCUT2D eigenvalue weighted by Gasteiger charge is -2.08. The molecule has 4 aromatic rings. The van der Waals surface area contributed by atoms with Crippen LogP contribution in [0.4, 0.5) is 11.4 Å². The van der Waals surface area contributed by atoms with Crippen molar-refractivity contribution in [3.05, 3.63) is 77.3 Å². The van der Waals surface area contributed by atoms with Crippen LogP contribution in [-0.2, 0) is 0 Å². The van der Waals surface area contributed by atoms with Gasteiger partial charge < -0.3 is 10.4 Å². The molecule has 0 atom stereocenters. The van der Waals surface area contributed by atoms with Crippen LogP contribution in [0.5, 0.6) is 0 Å². The number of para-hydroxylation sites is 1. The van der Waals surface area contributed by atoms with Crippen LogP contribution in [-0.4, -0.2) is 21.3 Å². The van der Waals surface area contributed by atoms with E-state index >= 15 is 0 Å². The highest BCUT2D eigenvalue weighted by Crippen LogP contribution is 2.31. The Hall–Kier alpha value is -2.73. The highest BCUT2D eigenvalue weighted by molar-refractivity contribution is 6.33. The molecule has 4 rings (SSSR count). The van der Waals surface area contributed by atoms with Crippen LogP contribution in [0.15, 0.2) is 66.7 Å². The van der Waals surface area contributed by atoms with Crippen LogP contribution in [0, 0.1) is 0 Å². The first-order chi connectivity index (χ1) is 12.6. The number of carbonyl (C=O) groups is 1. The van der Waals surface area contributed by atoms with Gasteiger partial charge in [-0.05, 0) is 42.5 Å². The van der Waals surface area contributed by atoms with E-state index in [1.165, 1.54) is 0 Å². The van der Waals surface area contributed by atoms with E-state index in [0.29, 0.717) is 10.7 Å². The second-order valence-electron chi connectivity index (χ2n) is 5.82. The van der Waals surface area contributed by atoms with Gasteiger partial charge in [0.25, 0.3) is 0 Å². The molecule has 3 N–H and O–H groups in total. The van der Waals surface area contributed by atoms with Gasteiger partial charge in [0.2, 0.25) is 0 Å². The van der Waals surface area contributed by atoms with Crippen molar-refractivity contribution in [2.75, 3.05) is 5.32 Å². The van der Waals surface area contributed by atoms with Crippen LogP contribution >= 0.6 is 36.4 Å². The fourth-order valence-electron chi connectivity index (χ4n) is 2.84. The predicted molar refractivity (Wildman–Crippen MR) is 118 cm³/mol. The lowest BCUT2D eigenvalue weighted by molar-refractivity contribution is 0.0697. The Labute approximate surface area is 178 Å². The van der Waals surface area contributed by atoms with E-state index in [1.54, 1.807) is 18.2 Å². The number of aromatic carboxylic acids is 1. The summed E-state index contributed by atoms with van der Waals surface area (Å²) in [4.78, 5) is 11.2. The number of H-pyrrole nitrogens is 1. The highest BCUT2D eigenvalue weighted by Gasteiger charge is 2.11. The van der Waals surface area contributed by atoms with Crippen LogP contribution in [0.25, 0.3) is 22.2 Å². The van der Waals surface area contributed by atoms with Gasteiger partial charge in [0.15, 0.2) is 0 Å². The number of fused-ring (bicyclic) bond motifs is 1. The summed E-state index contributed by atoms with van der Waals surface area (Å²) in [6, 6.07) is 20.1. The number of aromatic nitrogens is 2. The minimum Gasteiger partial charge on any atom is -0.478 e. The first-order valence-electron chi connectivity index (χ1n) is 7.95. The van der Waals surface area contributed by atoms with Crippen molar-refractivity contribution < 1.29 is 9.90 Å². The van der Waals surface area contributed by atoms with E-state index in [2.05, 4.69) is 15.5 Å². The van der Waals surface area contributed by atoms with Gasteiger partial charge in [-0.25, -0.2) is 4.79 Å². The van der Waals surface area contributed by atoms with E-state index in [0.717, 1.165) is 27.8 Å². The smallest absolute Gasteiger partial charge is 0.335 e. The number of anilines is 2. The Morgan fingerprint density at radius 3 is 2.54 bits per heavy atom. The molecule has 0 unspecified atom stereocenters. The normalized spacial score (nSPS) is 10.0. The molecule has 0 aliphatic heterocycles. The first kappa shape index (κ1) is 21.6. The summed E-state index contributed by atoms with van der Waals surface area (Å²) in [5.74, 6) is -0.960. The van der Waals surface area contributed by atoms with Gasteiger partial charge in [-0.3, -0.25) is 5.10 Å². The zero-order valence-corrected chi connectivity index (χ0v) is 16.7. The van der Waals surface area contributed by atoms with Crippen molar-refractivity contribution in [2.45, 2.75) is 0 Å². The Morgan fingerprint density at radius 1 is 1.00 bits per heavy atom. The molecule has 0 aliphatic rings. The number of nitrogens with zero attached hydrogens (tertiary/aromatic N) is 1. The van der Waals surface area contributed by atoms with Gasteiger partial charge in [-0.15, -0.1) is 24.8 Å². The molecule has 144 valence electrons. The van der Waals surface area contributed by atoms with Gasteiger partial charge >= 0.3 is 5.97 Å². The SMILES string of the molecule is Cl.Cl.O=C(O)c1cccc(-c2n[nH]c3cc(Nc4ccccc4Cl)ccc23)c1. The molecule has 5 nitrogen and oxygen atoms in total. The molecule has 0 amide bonds. The molecule has 1 aromatic heterocycles. The minimum atomic E-state index is -0.960. The van der Waals surface area contributed by atoms with E-state index < -0.39 is 5.97 Å². The first-order valence-corrected chi connectivity index (χ1v) is 8.33. The van der Waals surface area contributed by atoms with E-state index in [1.807, 2.05) is 48.5 Å². The van der Waals surface area contributed by atoms with Crippen molar-refractivity contribution >= 4 is 64.7 Å². The lowest BCUT2D eigenvalue weighted by Crippen LogP contribution is -1.95. The monoisotopic (exact) mass is 435 g/mol. The molecule has 0 saturated carbocycles. The van der Waals surface area contributed by atoms with Crippen LogP contribution in [0.3, 0.4) is 0 Å². The summed E-state index contributed by atoms with van der Waals surface area (Å²) in [5, 5.41) is 21.4. The molecule has 8 heteroatoms. The van der Waals surface area contributed by atoms with Crippen LogP contribution in [0.2, 0.25) is 5.02 Å². The molecule has 3 aromatic carbocycles. The minimum absolute atomic E-state index is 0. The number of nitrogens with one attached hydrogen (secondary N) is 2. The average Bonchev–Trinajstić information content (AvgIpc) is 3.07. The molecule has 0 spiro atoms. The second-order valence-corrected chi connectivity index (χ2v) is 6.23. The predicted octanol–water partition coefficient (Wildman–Crippen LogP) is 6.17. The zero-order valence-electron chi connectivity index (χ0n) is 14.3. The number of carboxylic acid groups (broad SMARTS) is 1. The topological polar surface area (TPSA) is 78.0 Å². The standard InChI is InChI=1S/C20H14ClN3O2.2ClH/c21-16-6-1-2-7-17(16)22-14-8-9-15-18(11-14)23-24-19(15)12-4-3-5-13(10-12)20(25)26;;/h1-11,22H,(H,23,24)(H,25,26);2*1H. The van der Waals surface area contributed by atoms with Crippen molar-refractivity contribution in [1.29, 1.82) is 0 Å². The Bertz CT molecular complexity index is 1130. The maximum Gasteiger partial charge on any atom is 0.335 e. The number of aromatic amines is 1. The molecule has 1 heterocycles. The second kappa shape index (κ2) is 8.97. The molecular formula is C20H16Cl3N3O2. The van der Waals surface area contributed by atoms with Crippen molar-refractivity contribution in [3.63, 3.8) is 0 Å². The van der Waals surface area contributed by atoms with Crippen LogP contribution < -0.4 is 5.32 Å². The molecule has 0 radical (unpaired) electrons. The summed E-state index contributed by atoms with van der Waals surface area (Å²) in [6.07, 6.45) is 0. The van der Waals surface area contributed by atoms with Crippen molar-refractivity contribution in [3.8, 4) is 11.3 Å². The quantitative estimate of drug-likeness (QED) is 0.357. The highest BCUT2D eigenvalue weighted by atomic mass is 35.5. The summed E-state index contributed by atoms with van der Waals surface area (Å²) >= 11 is 6.19. The Kier molecular flexibility index (Phi) is 6.91. The molecule has 0 aliphatic carbocycles. The molecule has 0 fully saturated rings. The van der Waals surface area contributed by atoms with E-state index in [4.69, 9.17) is 11.6 Å². The summed E-state index contributed by atoms with van der Waals surface area (Å²) in [7, 11) is 0. The Balaban J connectivity index is 0.00000140. The third-order valence-electron chi connectivity index (χ3n) is 4.10. The van der Waals surface area contributed by atoms with E-state index in [-0.39, 0.29) is 30.4 Å². The third-order valence-corrected chi connectivity index (χ3v) is 4.43. The maximum absolute atomic E-state index is 11.2. The number of rotatable bonds is 4. The summed E-state index contributed by atoms with van der Waals surface area (Å²) in [6.45, 7) is 0. The van der Waals surface area contributed by atoms with Gasteiger partial charge in [0.05, 0.1) is 27.5 Å². The fourth-order valence-corrected chi connectivity index (χ4v) is 3.02. The Morgan fingerprint density at radius 2 is 1.79 bits per heavy atom. The molecule has 0 saturated heterocycles. The summed E-state index contributed by atoms with van der Waals surface area (Å²) < 4.78 is 0. The summed E-state index contributed by atoms with van der Waals surface area (Å²) in [5.41, 5.74) is 4.24. The third kappa shape index (κ3) is 4.22. The molecule has 0 bridgehead atoms. The molecule has 28 heavy (non-hydrogen) atoms. The zero-order chi connectivity index (χ0) is 18.1. The molecular weight excluding hydrogens is 421 g/mol. The van der Waals surface area contributed by atoms with Gasteiger partial charge in [-0.2, -0.15) is 5.10 Å². The number of hydrogen-bond acceptors (Lipinski definition) is 3. The van der Waals surface area contributed by atoms with E-state index in [9.17, 15) is 9.90 Å². The number of hydrogen-bond donors (Lipinski definition) is 3. The number of halogens is 3. The fraction of sp³-hybridized carbons (Fsp3) is 0. The maximum atomic E-state index is 11.2. The largest absolute Gasteiger partial charge is 0.478 e. The van der Waals surface area contributed by atoms with Crippen molar-refractivity contribution in [2.24, 2.45) is 0 Å². The average molecular weight is 437 g/mol. The van der Waals surface area contributed by atoms with Gasteiger partial charge in [0.1, 0.15) is 0 Å². The number of carboxylic acids is 1. The van der Waals surface area contributed by atoms with Crippen molar-refractivity contribution in [1.82, 2.24) is 10.2 Å². The number of benzene rings is 3. The van der Waals surface area contributed by atoms with Gasteiger partial charge in [-0.1, -0.05) is 35.9 Å².